The topological polar surface area (TPSA) is 84.3 Å². The Balaban J connectivity index is 1.56. The van der Waals surface area contributed by atoms with E-state index in [1.165, 1.54) is 0 Å². The summed E-state index contributed by atoms with van der Waals surface area (Å²) in [4.78, 5) is 43.6. The number of fused-ring (bicyclic) bond motifs is 1. The zero-order chi connectivity index (χ0) is 24.0. The van der Waals surface area contributed by atoms with Crippen LogP contribution in [-0.2, 0) is 9.59 Å². The summed E-state index contributed by atoms with van der Waals surface area (Å²) in [5, 5.41) is 3.30. The van der Waals surface area contributed by atoms with E-state index in [1.807, 2.05) is 63.2 Å². The van der Waals surface area contributed by atoms with Crippen LogP contribution in [0.25, 0.3) is 22.7 Å². The third-order valence-corrected chi connectivity index (χ3v) is 6.01. The molecule has 1 aliphatic heterocycles. The Kier molecular flexibility index (Phi) is 5.09. The second kappa shape index (κ2) is 8.12. The predicted molar refractivity (Wildman–Crippen MR) is 131 cm³/mol. The number of nitrogens with one attached hydrogen (secondary N) is 1. The van der Waals surface area contributed by atoms with Crippen molar-refractivity contribution in [1.29, 1.82) is 0 Å². The van der Waals surface area contributed by atoms with Gasteiger partial charge in [0.25, 0.3) is 11.8 Å². The summed E-state index contributed by atoms with van der Waals surface area (Å²) >= 11 is 0. The van der Waals surface area contributed by atoms with Crippen molar-refractivity contribution in [2.24, 2.45) is 0 Å². The number of amides is 4. The smallest absolute Gasteiger partial charge is 0.318 e. The van der Waals surface area contributed by atoms with Crippen LogP contribution in [0.1, 0.15) is 22.5 Å². The molecule has 0 radical (unpaired) electrons. The summed E-state index contributed by atoms with van der Waals surface area (Å²) in [6.45, 7) is 5.81. The summed E-state index contributed by atoms with van der Waals surface area (Å²) in [7, 11) is 0. The van der Waals surface area contributed by atoms with E-state index in [0.29, 0.717) is 5.69 Å². The molecule has 4 aromatic rings. The lowest BCUT2D eigenvalue weighted by Crippen LogP contribution is -2.54. The number of nitrogens with zero attached hydrogens (tertiary/aromatic N) is 3. The zero-order valence-electron chi connectivity index (χ0n) is 19.0. The number of imide groups is 2. The minimum absolute atomic E-state index is 0.0943. The fourth-order valence-electron chi connectivity index (χ4n) is 4.27. The first kappa shape index (κ1) is 21.3. The second-order valence-electron chi connectivity index (χ2n) is 8.34. The van der Waals surface area contributed by atoms with E-state index in [1.54, 1.807) is 24.4 Å². The molecular formula is C27H22N4O3. The van der Waals surface area contributed by atoms with Gasteiger partial charge in [0.2, 0.25) is 0 Å². The van der Waals surface area contributed by atoms with E-state index in [-0.39, 0.29) is 5.57 Å². The number of hydrogen-bond acceptors (Lipinski definition) is 4. The Hall–Kier alpha value is -4.52. The summed E-state index contributed by atoms with van der Waals surface area (Å²) in [5.74, 6) is -1.36. The number of rotatable bonds is 3. The van der Waals surface area contributed by atoms with Gasteiger partial charge >= 0.3 is 6.03 Å². The molecule has 0 atom stereocenters. The average molecular weight is 450 g/mol. The van der Waals surface area contributed by atoms with E-state index >= 15 is 0 Å². The average Bonchev–Trinajstić information content (AvgIpc) is 3.10. The highest BCUT2D eigenvalue weighted by Gasteiger charge is 2.37. The molecule has 7 nitrogen and oxygen atoms in total. The lowest BCUT2D eigenvalue weighted by atomic mass is 10.1. The lowest BCUT2D eigenvalue weighted by molar-refractivity contribution is -0.122. The molecule has 4 amide bonds. The van der Waals surface area contributed by atoms with Crippen molar-refractivity contribution in [2.75, 3.05) is 4.90 Å². The first-order chi connectivity index (χ1) is 16.3. The molecule has 168 valence electrons. The van der Waals surface area contributed by atoms with Crippen molar-refractivity contribution < 1.29 is 14.4 Å². The van der Waals surface area contributed by atoms with Crippen LogP contribution in [0.3, 0.4) is 0 Å². The van der Waals surface area contributed by atoms with Crippen molar-refractivity contribution in [3.05, 3.63) is 94.9 Å². The van der Waals surface area contributed by atoms with Gasteiger partial charge in [-0.15, -0.1) is 0 Å². The van der Waals surface area contributed by atoms with Crippen LogP contribution in [0, 0.1) is 20.8 Å². The molecule has 0 spiro atoms. The van der Waals surface area contributed by atoms with Crippen LogP contribution in [0.2, 0.25) is 0 Å². The molecular weight excluding hydrogens is 428 g/mol. The normalized spacial score (nSPS) is 15.3. The fourth-order valence-corrected chi connectivity index (χ4v) is 4.27. The molecule has 1 aliphatic rings. The molecule has 3 heterocycles. The van der Waals surface area contributed by atoms with E-state index in [2.05, 4.69) is 20.9 Å². The fraction of sp³-hybridized carbons (Fsp3) is 0.111. The molecule has 2 aromatic heterocycles. The van der Waals surface area contributed by atoms with Crippen LogP contribution >= 0.6 is 0 Å². The molecule has 1 fully saturated rings. The quantitative estimate of drug-likeness (QED) is 0.365. The van der Waals surface area contributed by atoms with Crippen molar-refractivity contribution in [2.45, 2.75) is 20.8 Å². The maximum absolute atomic E-state index is 13.2. The number of benzene rings is 2. The third kappa shape index (κ3) is 3.57. The number of anilines is 1. The highest BCUT2D eigenvalue weighted by Crippen LogP contribution is 2.27. The van der Waals surface area contributed by atoms with E-state index in [0.717, 1.165) is 44.0 Å². The molecule has 5 rings (SSSR count). The van der Waals surface area contributed by atoms with Gasteiger partial charge in [0.15, 0.2) is 0 Å². The highest BCUT2D eigenvalue weighted by atomic mass is 16.2. The zero-order valence-corrected chi connectivity index (χ0v) is 19.0. The SMILES string of the molecule is Cc1ccc(N2C(=O)NC(=O)/C(=C\c3cc(C)n(-c4ccc5ncccc5c4)c3C)C2=O)cc1. The Morgan fingerprint density at radius 1 is 0.882 bits per heavy atom. The van der Waals surface area contributed by atoms with Crippen molar-refractivity contribution in [3.63, 3.8) is 0 Å². The molecule has 0 saturated carbocycles. The largest absolute Gasteiger partial charge is 0.335 e. The monoisotopic (exact) mass is 450 g/mol. The van der Waals surface area contributed by atoms with Gasteiger partial charge < -0.3 is 4.57 Å². The number of aryl methyl sites for hydroxylation is 2. The minimum atomic E-state index is -0.758. The first-order valence-electron chi connectivity index (χ1n) is 10.9. The van der Waals surface area contributed by atoms with Gasteiger partial charge in [-0.1, -0.05) is 23.8 Å². The van der Waals surface area contributed by atoms with Gasteiger partial charge in [0.05, 0.1) is 11.2 Å². The Morgan fingerprint density at radius 3 is 2.38 bits per heavy atom. The number of hydrogen-bond donors (Lipinski definition) is 1. The molecule has 7 heteroatoms. The molecule has 1 N–H and O–H groups in total. The van der Waals surface area contributed by atoms with Gasteiger partial charge in [-0.25, -0.2) is 9.69 Å². The molecule has 0 unspecified atom stereocenters. The Morgan fingerprint density at radius 2 is 1.62 bits per heavy atom. The molecule has 2 aromatic carbocycles. The van der Waals surface area contributed by atoms with E-state index in [4.69, 9.17) is 0 Å². The molecule has 1 saturated heterocycles. The maximum atomic E-state index is 13.2. The number of carbonyl (C=O) groups excluding carboxylic acids is 3. The number of pyridine rings is 1. The van der Waals surface area contributed by atoms with Gasteiger partial charge in [0, 0.05) is 28.7 Å². The molecule has 0 bridgehead atoms. The number of barbiturate groups is 1. The Bertz CT molecular complexity index is 1510. The summed E-state index contributed by atoms with van der Waals surface area (Å²) in [6, 6.07) is 18.0. The standard InChI is InChI=1S/C27H22N4O3/c1-16-6-8-21(9-7-16)31-26(33)23(25(32)29-27(31)34)15-20-13-17(2)30(18(20)3)22-10-11-24-19(14-22)5-4-12-28-24/h4-15H,1-3H3,(H,29,32,34)/b23-15+. The van der Waals surface area contributed by atoms with Crippen LogP contribution in [0.4, 0.5) is 10.5 Å². The number of carbonyl (C=O) groups is 3. The summed E-state index contributed by atoms with van der Waals surface area (Å²) in [5.41, 5.74) is 5.70. The predicted octanol–water partition coefficient (Wildman–Crippen LogP) is 4.62. The summed E-state index contributed by atoms with van der Waals surface area (Å²) in [6.07, 6.45) is 3.31. The van der Waals surface area contributed by atoms with Gasteiger partial charge in [-0.2, -0.15) is 0 Å². The van der Waals surface area contributed by atoms with E-state index in [9.17, 15) is 14.4 Å². The first-order valence-corrected chi connectivity index (χ1v) is 10.9. The second-order valence-corrected chi connectivity index (χ2v) is 8.34. The summed E-state index contributed by atoms with van der Waals surface area (Å²) < 4.78 is 2.06. The highest BCUT2D eigenvalue weighted by molar-refractivity contribution is 6.39. The van der Waals surface area contributed by atoms with Gasteiger partial charge in [-0.3, -0.25) is 19.9 Å². The number of aromatic nitrogens is 2. The van der Waals surface area contributed by atoms with Crippen LogP contribution in [0.5, 0.6) is 0 Å². The Labute approximate surface area is 196 Å². The van der Waals surface area contributed by atoms with E-state index < -0.39 is 17.8 Å². The minimum Gasteiger partial charge on any atom is -0.318 e. The third-order valence-electron chi connectivity index (χ3n) is 6.01. The van der Waals surface area contributed by atoms with Crippen LogP contribution in [-0.4, -0.2) is 27.4 Å². The molecule has 34 heavy (non-hydrogen) atoms. The van der Waals surface area contributed by atoms with Crippen LogP contribution in [0.15, 0.2) is 72.4 Å². The van der Waals surface area contributed by atoms with Crippen LogP contribution < -0.4 is 10.2 Å². The van der Waals surface area contributed by atoms with Crippen molar-refractivity contribution in [1.82, 2.24) is 14.9 Å². The van der Waals surface area contributed by atoms with Gasteiger partial charge in [0.1, 0.15) is 5.57 Å². The van der Waals surface area contributed by atoms with Crippen molar-refractivity contribution >= 4 is 40.5 Å². The van der Waals surface area contributed by atoms with Crippen molar-refractivity contribution in [3.8, 4) is 5.69 Å². The molecule has 0 aliphatic carbocycles. The number of urea groups is 1. The maximum Gasteiger partial charge on any atom is 0.335 e. The van der Waals surface area contributed by atoms with Gasteiger partial charge in [-0.05, 0) is 74.9 Å². The lowest BCUT2D eigenvalue weighted by Gasteiger charge is -2.26.